The van der Waals surface area contributed by atoms with Crippen molar-refractivity contribution in [2.45, 2.75) is 0 Å². The van der Waals surface area contributed by atoms with Crippen LogP contribution in [0, 0.1) is 0 Å². The molecule has 0 saturated carbocycles. The number of hydrogen-bond acceptors (Lipinski definition) is 7. The van der Waals surface area contributed by atoms with Gasteiger partial charge in [0.1, 0.15) is 6.61 Å². The smallest absolute Gasteiger partial charge is 0.330 e. The largest absolute Gasteiger partial charge is 0.461 e. The standard InChI is InChI=1S/C24H22ClN3O2.Cl2O2S/c1-28(17-18-30-24(29)16-9-19-7-10-20(25)11-8-19)23-14-12-22(13-15-23)27-26-21-5-3-2-4-6-21;1-5(2,3)4/h2-16H,17-18H2,1H3;. The summed E-state index contributed by atoms with van der Waals surface area (Å²) < 4.78 is 23.6. The number of azo groups is 1. The lowest BCUT2D eigenvalue weighted by molar-refractivity contribution is -0.137. The maximum absolute atomic E-state index is 11.9. The van der Waals surface area contributed by atoms with Crippen molar-refractivity contribution < 1.29 is 17.9 Å². The van der Waals surface area contributed by atoms with Gasteiger partial charge in [-0.2, -0.15) is 18.6 Å². The summed E-state index contributed by atoms with van der Waals surface area (Å²) in [6.45, 7) is 0.862. The average Bonchev–Trinajstić information content (AvgIpc) is 2.82. The minimum Gasteiger partial charge on any atom is -0.461 e. The monoisotopic (exact) mass is 553 g/mol. The number of esters is 1. The Balaban J connectivity index is 0.000000784. The zero-order chi connectivity index (χ0) is 25.7. The topological polar surface area (TPSA) is 88.4 Å². The minimum absolute atomic E-state index is 0.287. The molecule has 3 rings (SSSR count). The maximum Gasteiger partial charge on any atom is 0.330 e. The highest BCUT2D eigenvalue weighted by Crippen LogP contribution is 2.21. The number of ether oxygens (including phenoxy) is 1. The Hall–Kier alpha value is -2.91. The molecule has 0 radical (unpaired) electrons. The molecule has 0 aromatic heterocycles. The Bertz CT molecular complexity index is 1230. The van der Waals surface area contributed by atoms with Crippen molar-refractivity contribution in [2.24, 2.45) is 10.2 Å². The van der Waals surface area contributed by atoms with Crippen LogP contribution in [-0.2, 0) is 17.8 Å². The molecule has 7 nitrogen and oxygen atoms in total. The van der Waals surface area contributed by atoms with Crippen molar-refractivity contribution in [3.63, 3.8) is 0 Å². The molecule has 3 aromatic carbocycles. The van der Waals surface area contributed by atoms with Crippen molar-refractivity contribution in [1.82, 2.24) is 0 Å². The van der Waals surface area contributed by atoms with Crippen LogP contribution in [0.3, 0.4) is 0 Å². The van der Waals surface area contributed by atoms with Gasteiger partial charge < -0.3 is 9.64 Å². The molecule has 0 unspecified atom stereocenters. The summed E-state index contributed by atoms with van der Waals surface area (Å²) in [6, 6.07) is 24.5. The van der Waals surface area contributed by atoms with Gasteiger partial charge in [-0.1, -0.05) is 41.9 Å². The van der Waals surface area contributed by atoms with Crippen molar-refractivity contribution >= 4 is 70.3 Å². The first-order valence-corrected chi connectivity index (χ1v) is 13.6. The fourth-order valence-electron chi connectivity index (χ4n) is 2.58. The highest BCUT2D eigenvalue weighted by Gasteiger charge is 2.03. The van der Waals surface area contributed by atoms with Gasteiger partial charge in [-0.25, -0.2) is 4.79 Å². The normalized spacial score (nSPS) is 11.2. The average molecular weight is 555 g/mol. The summed E-state index contributed by atoms with van der Waals surface area (Å²) >= 11 is 5.84. The predicted octanol–water partition coefficient (Wildman–Crippen LogP) is 7.16. The molecule has 3 aromatic rings. The summed E-state index contributed by atoms with van der Waals surface area (Å²) in [7, 11) is 6.76. The molecular weight excluding hydrogens is 533 g/mol. The van der Waals surface area contributed by atoms with E-state index in [0.717, 1.165) is 22.6 Å². The number of anilines is 1. The summed E-state index contributed by atoms with van der Waals surface area (Å²) in [6.07, 6.45) is 3.11. The number of rotatable bonds is 8. The van der Waals surface area contributed by atoms with E-state index in [4.69, 9.17) is 24.8 Å². The molecule has 0 aliphatic rings. The van der Waals surface area contributed by atoms with Gasteiger partial charge in [0.05, 0.1) is 17.9 Å². The number of hydrogen-bond donors (Lipinski definition) is 0. The van der Waals surface area contributed by atoms with Crippen LogP contribution in [0.25, 0.3) is 6.08 Å². The molecule has 0 fully saturated rings. The molecule has 0 bridgehead atoms. The molecule has 0 aliphatic carbocycles. The Morgan fingerprint density at radius 2 is 1.46 bits per heavy atom. The summed E-state index contributed by atoms with van der Waals surface area (Å²) in [5, 5.41) is 9.10. The van der Waals surface area contributed by atoms with E-state index < -0.39 is 8.26 Å². The molecule has 35 heavy (non-hydrogen) atoms. The van der Waals surface area contributed by atoms with Crippen molar-refractivity contribution in [2.75, 3.05) is 25.1 Å². The third-order valence-electron chi connectivity index (χ3n) is 4.28. The summed E-state index contributed by atoms with van der Waals surface area (Å²) in [4.78, 5) is 13.9. The second-order valence-corrected chi connectivity index (χ2v) is 11.0. The number of nitrogens with zero attached hydrogens (tertiary/aromatic N) is 3. The molecule has 0 N–H and O–H groups in total. The number of benzene rings is 3. The number of carbonyl (C=O) groups is 1. The van der Waals surface area contributed by atoms with Gasteiger partial charge in [0.15, 0.2) is 0 Å². The summed E-state index contributed by atoms with van der Waals surface area (Å²) in [5.41, 5.74) is 3.47. The predicted molar refractivity (Wildman–Crippen MR) is 142 cm³/mol. The van der Waals surface area contributed by atoms with Crippen LogP contribution in [0.5, 0.6) is 0 Å². The first-order chi connectivity index (χ1) is 16.6. The van der Waals surface area contributed by atoms with Gasteiger partial charge in [0.25, 0.3) is 0 Å². The van der Waals surface area contributed by atoms with Crippen LogP contribution in [0.2, 0.25) is 5.02 Å². The Kier molecular flexibility index (Phi) is 11.7. The quantitative estimate of drug-likeness (QED) is 0.128. The van der Waals surface area contributed by atoms with Crippen molar-refractivity contribution in [1.29, 1.82) is 0 Å². The highest BCUT2D eigenvalue weighted by atomic mass is 36.0. The zero-order valence-electron chi connectivity index (χ0n) is 18.6. The molecule has 0 saturated heterocycles. The molecule has 0 spiro atoms. The van der Waals surface area contributed by atoms with Gasteiger partial charge in [0.2, 0.25) is 0 Å². The molecular formula is C24H22Cl3N3O4S. The van der Waals surface area contributed by atoms with Crippen molar-refractivity contribution in [3.05, 3.63) is 95.5 Å². The van der Waals surface area contributed by atoms with Gasteiger partial charge in [-0.15, -0.1) is 0 Å². The van der Waals surface area contributed by atoms with Crippen molar-refractivity contribution in [3.8, 4) is 0 Å². The molecule has 0 heterocycles. The second kappa shape index (κ2) is 14.5. The third kappa shape index (κ3) is 12.9. The first-order valence-electron chi connectivity index (χ1n) is 10.1. The van der Waals surface area contributed by atoms with Crippen LogP contribution in [0.15, 0.2) is 95.2 Å². The Labute approximate surface area is 218 Å². The minimum atomic E-state index is -3.72. The first kappa shape index (κ1) is 28.3. The maximum atomic E-state index is 11.9. The SMILES string of the molecule is CN(CCOC(=O)C=Cc1ccc(Cl)cc1)c1ccc(N=Nc2ccccc2)cc1.O=S(=O)(Cl)Cl. The van der Waals surface area contributed by atoms with Gasteiger partial charge in [0, 0.05) is 45.2 Å². The number of likely N-dealkylation sites (N-methyl/N-ethyl adjacent to an activating group) is 1. The van der Waals surface area contributed by atoms with E-state index in [1.54, 1.807) is 18.2 Å². The van der Waals surface area contributed by atoms with E-state index in [9.17, 15) is 4.79 Å². The van der Waals surface area contributed by atoms with E-state index in [2.05, 4.69) is 31.6 Å². The number of halogens is 3. The highest BCUT2D eigenvalue weighted by molar-refractivity contribution is 8.31. The molecule has 11 heteroatoms. The van der Waals surface area contributed by atoms with E-state index in [1.807, 2.05) is 78.7 Å². The van der Waals surface area contributed by atoms with Crippen LogP contribution < -0.4 is 4.90 Å². The lowest BCUT2D eigenvalue weighted by Crippen LogP contribution is -2.23. The van der Waals surface area contributed by atoms with E-state index in [0.29, 0.717) is 11.6 Å². The van der Waals surface area contributed by atoms with Crippen LogP contribution in [-0.4, -0.2) is 34.6 Å². The molecule has 0 aliphatic heterocycles. The second-order valence-electron chi connectivity index (χ2n) is 6.90. The third-order valence-corrected chi connectivity index (χ3v) is 4.53. The lowest BCUT2D eigenvalue weighted by Gasteiger charge is -2.18. The van der Waals surface area contributed by atoms with E-state index >= 15 is 0 Å². The molecule has 0 atom stereocenters. The molecule has 0 amide bonds. The van der Waals surface area contributed by atoms with Crippen LogP contribution in [0.4, 0.5) is 17.1 Å². The van der Waals surface area contributed by atoms with Crippen LogP contribution >= 0.6 is 33.0 Å². The van der Waals surface area contributed by atoms with E-state index in [1.165, 1.54) is 6.08 Å². The zero-order valence-corrected chi connectivity index (χ0v) is 21.7. The van der Waals surface area contributed by atoms with E-state index in [-0.39, 0.29) is 12.6 Å². The fraction of sp³-hybridized carbons (Fsp3) is 0.125. The Morgan fingerprint density at radius 3 is 2.03 bits per heavy atom. The van der Waals surface area contributed by atoms with Gasteiger partial charge >= 0.3 is 14.2 Å². The van der Waals surface area contributed by atoms with Gasteiger partial charge in [-0.05, 0) is 60.2 Å². The van der Waals surface area contributed by atoms with Crippen LogP contribution in [0.1, 0.15) is 5.56 Å². The lowest BCUT2D eigenvalue weighted by atomic mass is 10.2. The summed E-state index contributed by atoms with van der Waals surface area (Å²) in [5.74, 6) is -0.380. The molecule has 184 valence electrons. The number of carbonyl (C=O) groups excluding carboxylic acids is 1. The fourth-order valence-corrected chi connectivity index (χ4v) is 2.71. The Morgan fingerprint density at radius 1 is 0.914 bits per heavy atom. The van der Waals surface area contributed by atoms with Gasteiger partial charge in [-0.3, -0.25) is 0 Å².